The average Bonchev–Trinajstić information content (AvgIpc) is 2.93. The van der Waals surface area contributed by atoms with Crippen LogP contribution in [0.25, 0.3) is 0 Å². The van der Waals surface area contributed by atoms with Gasteiger partial charge in [0.25, 0.3) is 0 Å². The molecule has 39 heavy (non-hydrogen) atoms. The number of ether oxygens (including phenoxy) is 1. The predicted octanol–water partition coefficient (Wildman–Crippen LogP) is 6.06. The molecule has 8 nitrogen and oxygen atoms in total. The minimum atomic E-state index is -0.590. The first kappa shape index (κ1) is 27.1. The number of morpholine rings is 1. The molecular formula is C27H25Cl2F2N5O3. The molecule has 2 aliphatic rings. The largest absolute Gasteiger partial charge is 0.379 e. The first-order chi connectivity index (χ1) is 18.8. The number of benzene rings is 3. The van der Waals surface area contributed by atoms with Crippen LogP contribution in [0.5, 0.6) is 0 Å². The molecule has 0 aliphatic carbocycles. The number of para-hydroxylation sites is 2. The van der Waals surface area contributed by atoms with Crippen LogP contribution in [0.1, 0.15) is 0 Å². The summed E-state index contributed by atoms with van der Waals surface area (Å²) in [6, 6.07) is 13.6. The Morgan fingerprint density at radius 2 is 1.41 bits per heavy atom. The minimum Gasteiger partial charge on any atom is -0.379 e. The monoisotopic (exact) mass is 575 g/mol. The second-order valence-electron chi connectivity index (χ2n) is 9.15. The standard InChI is InChI=1S/C27H25Cl2F2N5O3/c28-20-13-17(5-7-22(20)30)32-26(37)35-16-19(15-34-9-11-39-12-10-34)36(25-4-2-1-3-24(25)35)27(38)33-18-6-8-23(31)21(29)14-18/h1-8,13-14,19H,9-12,15-16H2,(H,32,37)(H,33,38). The highest BCUT2D eigenvalue weighted by Gasteiger charge is 2.38. The molecule has 0 saturated carbocycles. The second-order valence-corrected chi connectivity index (χ2v) is 9.97. The lowest BCUT2D eigenvalue weighted by atomic mass is 10.1. The van der Waals surface area contributed by atoms with E-state index < -0.39 is 29.7 Å². The molecule has 2 heterocycles. The zero-order valence-corrected chi connectivity index (χ0v) is 22.2. The van der Waals surface area contributed by atoms with Gasteiger partial charge in [-0.2, -0.15) is 0 Å². The topological polar surface area (TPSA) is 77.2 Å². The first-order valence-electron chi connectivity index (χ1n) is 12.3. The summed E-state index contributed by atoms with van der Waals surface area (Å²) in [6.45, 7) is 3.15. The highest BCUT2D eigenvalue weighted by atomic mass is 35.5. The van der Waals surface area contributed by atoms with Crippen molar-refractivity contribution in [2.75, 3.05) is 59.8 Å². The van der Waals surface area contributed by atoms with Crippen LogP contribution < -0.4 is 20.4 Å². The Balaban J connectivity index is 1.46. The quantitative estimate of drug-likeness (QED) is 0.396. The van der Waals surface area contributed by atoms with Crippen LogP contribution >= 0.6 is 23.2 Å². The Kier molecular flexibility index (Phi) is 8.18. The van der Waals surface area contributed by atoms with E-state index in [1.54, 1.807) is 34.1 Å². The molecule has 3 aromatic carbocycles. The van der Waals surface area contributed by atoms with Crippen molar-refractivity contribution < 1.29 is 23.1 Å². The van der Waals surface area contributed by atoms with Crippen molar-refractivity contribution in [3.05, 3.63) is 82.3 Å². The van der Waals surface area contributed by atoms with Gasteiger partial charge in [-0.15, -0.1) is 0 Å². The smallest absolute Gasteiger partial charge is 0.326 e. The summed E-state index contributed by atoms with van der Waals surface area (Å²) in [6.07, 6.45) is 0. The lowest BCUT2D eigenvalue weighted by Crippen LogP contribution is -2.59. The molecule has 5 rings (SSSR count). The predicted molar refractivity (Wildman–Crippen MR) is 148 cm³/mol. The van der Waals surface area contributed by atoms with Gasteiger partial charge in [-0.3, -0.25) is 14.7 Å². The fourth-order valence-corrected chi connectivity index (χ4v) is 5.06. The number of halogens is 4. The molecule has 0 radical (unpaired) electrons. The highest BCUT2D eigenvalue weighted by Crippen LogP contribution is 2.37. The zero-order valence-electron chi connectivity index (χ0n) is 20.7. The molecule has 0 aromatic heterocycles. The van der Waals surface area contributed by atoms with Crippen molar-refractivity contribution in [3.8, 4) is 0 Å². The van der Waals surface area contributed by atoms with E-state index >= 15 is 0 Å². The molecule has 4 amide bonds. The van der Waals surface area contributed by atoms with Gasteiger partial charge in [-0.05, 0) is 48.5 Å². The van der Waals surface area contributed by atoms with Crippen LogP contribution in [0.4, 0.5) is 41.1 Å². The molecule has 1 atom stereocenters. The number of urea groups is 2. The molecule has 1 unspecified atom stereocenters. The van der Waals surface area contributed by atoms with Gasteiger partial charge in [-0.25, -0.2) is 18.4 Å². The van der Waals surface area contributed by atoms with E-state index in [1.165, 1.54) is 36.4 Å². The van der Waals surface area contributed by atoms with E-state index in [4.69, 9.17) is 27.9 Å². The summed E-state index contributed by atoms with van der Waals surface area (Å²) in [5, 5.41) is 5.36. The van der Waals surface area contributed by atoms with Crippen molar-refractivity contribution in [3.63, 3.8) is 0 Å². The van der Waals surface area contributed by atoms with Gasteiger partial charge in [0.2, 0.25) is 0 Å². The molecule has 0 bridgehead atoms. The Bertz CT molecular complexity index is 1390. The molecule has 1 fully saturated rings. The van der Waals surface area contributed by atoms with Crippen LogP contribution in [0, 0.1) is 11.6 Å². The maximum absolute atomic E-state index is 13.7. The van der Waals surface area contributed by atoms with E-state index in [-0.39, 0.29) is 16.6 Å². The van der Waals surface area contributed by atoms with Crippen LogP contribution in [-0.2, 0) is 4.74 Å². The number of fused-ring (bicyclic) bond motifs is 1. The van der Waals surface area contributed by atoms with Crippen LogP contribution in [0.2, 0.25) is 10.0 Å². The number of carbonyl (C=O) groups is 2. The third-order valence-corrected chi connectivity index (χ3v) is 7.15. The van der Waals surface area contributed by atoms with E-state index in [0.717, 1.165) is 0 Å². The summed E-state index contributed by atoms with van der Waals surface area (Å²) < 4.78 is 32.8. The number of hydrogen-bond acceptors (Lipinski definition) is 4. The lowest BCUT2D eigenvalue weighted by Gasteiger charge is -2.44. The van der Waals surface area contributed by atoms with Gasteiger partial charge in [-0.1, -0.05) is 35.3 Å². The van der Waals surface area contributed by atoms with Crippen molar-refractivity contribution in [1.29, 1.82) is 0 Å². The molecule has 12 heteroatoms. The van der Waals surface area contributed by atoms with E-state index in [0.29, 0.717) is 55.6 Å². The molecule has 3 aromatic rings. The summed E-state index contributed by atoms with van der Waals surface area (Å²) >= 11 is 11.8. The minimum absolute atomic E-state index is 0.110. The van der Waals surface area contributed by atoms with E-state index in [1.807, 2.05) is 0 Å². The number of anilines is 4. The molecule has 2 aliphatic heterocycles. The maximum atomic E-state index is 13.7. The van der Waals surface area contributed by atoms with Crippen LogP contribution in [0.3, 0.4) is 0 Å². The molecule has 1 saturated heterocycles. The van der Waals surface area contributed by atoms with Gasteiger partial charge in [0, 0.05) is 37.6 Å². The zero-order chi connectivity index (χ0) is 27.5. The summed E-state index contributed by atoms with van der Waals surface area (Å²) in [7, 11) is 0. The fourth-order valence-electron chi connectivity index (χ4n) is 4.69. The first-order valence-corrected chi connectivity index (χ1v) is 13.0. The third-order valence-electron chi connectivity index (χ3n) is 6.57. The molecular weight excluding hydrogens is 551 g/mol. The number of amides is 4. The van der Waals surface area contributed by atoms with Crippen molar-refractivity contribution in [1.82, 2.24) is 4.90 Å². The van der Waals surface area contributed by atoms with E-state index in [2.05, 4.69) is 15.5 Å². The highest BCUT2D eigenvalue weighted by molar-refractivity contribution is 6.31. The Labute approximate surface area is 234 Å². The van der Waals surface area contributed by atoms with Crippen LogP contribution in [-0.4, -0.2) is 62.4 Å². The van der Waals surface area contributed by atoms with Crippen LogP contribution in [0.15, 0.2) is 60.7 Å². The van der Waals surface area contributed by atoms with Gasteiger partial charge < -0.3 is 15.4 Å². The third kappa shape index (κ3) is 6.09. The molecule has 0 spiro atoms. The van der Waals surface area contributed by atoms with Gasteiger partial charge >= 0.3 is 12.1 Å². The maximum Gasteiger partial charge on any atom is 0.326 e. The van der Waals surface area contributed by atoms with Crippen molar-refractivity contribution >= 4 is 58.0 Å². The fraction of sp³-hybridized carbons (Fsp3) is 0.259. The van der Waals surface area contributed by atoms with Crippen molar-refractivity contribution in [2.24, 2.45) is 0 Å². The number of nitrogens with zero attached hydrogens (tertiary/aromatic N) is 3. The molecule has 204 valence electrons. The summed E-state index contributed by atoms with van der Waals surface area (Å²) in [5.74, 6) is -1.18. The Morgan fingerprint density at radius 1 is 0.846 bits per heavy atom. The number of nitrogens with one attached hydrogen (secondary N) is 2. The van der Waals surface area contributed by atoms with Gasteiger partial charge in [0.1, 0.15) is 11.6 Å². The van der Waals surface area contributed by atoms with E-state index in [9.17, 15) is 18.4 Å². The lowest BCUT2D eigenvalue weighted by molar-refractivity contribution is 0.0355. The Hall–Kier alpha value is -3.44. The number of carbonyl (C=O) groups excluding carboxylic acids is 2. The number of hydrogen-bond donors (Lipinski definition) is 2. The second kappa shape index (κ2) is 11.7. The summed E-state index contributed by atoms with van der Waals surface area (Å²) in [4.78, 5) is 32.5. The molecule has 2 N–H and O–H groups in total. The van der Waals surface area contributed by atoms with Crippen molar-refractivity contribution in [2.45, 2.75) is 6.04 Å². The number of rotatable bonds is 4. The average molecular weight is 576 g/mol. The Morgan fingerprint density at radius 3 is 2.00 bits per heavy atom. The normalized spacial score (nSPS) is 17.5. The van der Waals surface area contributed by atoms with Gasteiger partial charge in [0.05, 0.1) is 40.7 Å². The van der Waals surface area contributed by atoms with Gasteiger partial charge in [0.15, 0.2) is 0 Å². The SMILES string of the molecule is O=C(Nc1ccc(F)c(Cl)c1)N1CC(CN2CCOCC2)N(C(=O)Nc2ccc(F)c(Cl)c2)c2ccccc21. The summed E-state index contributed by atoms with van der Waals surface area (Å²) in [5.41, 5.74) is 1.69.